The van der Waals surface area contributed by atoms with Crippen LogP contribution in [0.25, 0.3) is 0 Å². The Morgan fingerprint density at radius 2 is 1.11 bits per heavy atom. The van der Waals surface area contributed by atoms with Gasteiger partial charge in [0.15, 0.2) is 0 Å². The van der Waals surface area contributed by atoms with E-state index in [0.29, 0.717) is 0 Å². The normalized spacial score (nSPS) is 6.44. The topological polar surface area (TPSA) is 106 Å². The van der Waals surface area contributed by atoms with Gasteiger partial charge in [-0.2, -0.15) is 8.42 Å². The third-order valence-electron chi connectivity index (χ3n) is 0. The smallest absolute Gasteiger partial charge is 0.394 e. The van der Waals surface area contributed by atoms with E-state index in [1.165, 1.54) is 0 Å². The second kappa shape index (κ2) is 12.1. The molecular weight excluding hydrogens is 285 g/mol. The molecule has 0 unspecified atom stereocenters. The quantitative estimate of drug-likeness (QED) is 0.418. The SMILES string of the molecule is O.O=S(=O)(O)O.[Co].[Mn].[Ni]. The van der Waals surface area contributed by atoms with Crippen LogP contribution in [-0.4, -0.2) is 23.0 Å². The first-order chi connectivity index (χ1) is 2.00. The Kier molecular flexibility index (Phi) is 42.4. The molecule has 0 aromatic rings. The standard InChI is InChI=1S/Co.Mn.Ni.H2O4S.H2O/c;;;1-5(2,3)4;/h;;;(H2,1,2,3,4);1H2. The Bertz CT molecular complexity index is 100. The molecule has 0 aliphatic rings. The molecule has 0 aromatic carbocycles. The molecule has 0 amide bonds. The average Bonchev–Trinajstić information content (AvgIpc) is 0.722. The summed E-state index contributed by atoms with van der Waals surface area (Å²) in [4.78, 5) is 0. The molecule has 9 heavy (non-hydrogen) atoms. The Hall–Kier alpha value is 1.35. The van der Waals surface area contributed by atoms with Crippen LogP contribution < -0.4 is 0 Å². The maximum Gasteiger partial charge on any atom is 0.394 e. The molecule has 0 atom stereocenters. The van der Waals surface area contributed by atoms with Gasteiger partial charge in [-0.05, 0) is 0 Å². The van der Waals surface area contributed by atoms with Crippen molar-refractivity contribution < 1.29 is 73.3 Å². The van der Waals surface area contributed by atoms with E-state index in [1.54, 1.807) is 0 Å². The van der Waals surface area contributed by atoms with Crippen molar-refractivity contribution in [3.63, 3.8) is 0 Å². The zero-order valence-corrected chi connectivity index (χ0v) is 7.67. The van der Waals surface area contributed by atoms with Gasteiger partial charge in [-0.3, -0.25) is 9.11 Å². The first-order valence-corrected chi connectivity index (χ1v) is 2.10. The third-order valence-corrected chi connectivity index (χ3v) is 0. The molecule has 0 aromatic heterocycles. The Balaban J connectivity index is -0.0000000133. The molecular formula is H4CoMnNiO5S. The first kappa shape index (κ1) is 31.6. The molecule has 5 nitrogen and oxygen atoms in total. The summed E-state index contributed by atoms with van der Waals surface area (Å²) in [6.45, 7) is 0. The molecule has 0 heterocycles. The van der Waals surface area contributed by atoms with E-state index in [2.05, 4.69) is 0 Å². The van der Waals surface area contributed by atoms with Crippen molar-refractivity contribution in [1.82, 2.24) is 0 Å². The number of hydrogen-bond donors (Lipinski definition) is 2. The van der Waals surface area contributed by atoms with Crippen LogP contribution in [0.1, 0.15) is 0 Å². The van der Waals surface area contributed by atoms with E-state index in [0.717, 1.165) is 0 Å². The first-order valence-electron chi connectivity index (χ1n) is 0.698. The van der Waals surface area contributed by atoms with Crippen molar-refractivity contribution in [1.29, 1.82) is 0 Å². The number of rotatable bonds is 0. The summed E-state index contributed by atoms with van der Waals surface area (Å²) in [7, 11) is -4.67. The van der Waals surface area contributed by atoms with Crippen LogP contribution in [0.3, 0.4) is 0 Å². The number of hydrogen-bond acceptors (Lipinski definition) is 2. The summed E-state index contributed by atoms with van der Waals surface area (Å²) in [5.74, 6) is 0. The van der Waals surface area contributed by atoms with E-state index in [1.807, 2.05) is 0 Å². The largest absolute Gasteiger partial charge is 0.412 e. The molecule has 0 aliphatic carbocycles. The zero-order chi connectivity index (χ0) is 4.50. The third kappa shape index (κ3) is 277. The minimum absolute atomic E-state index is 0. The van der Waals surface area contributed by atoms with Crippen molar-refractivity contribution in [3.8, 4) is 0 Å². The summed E-state index contributed by atoms with van der Waals surface area (Å²) in [5, 5.41) is 0. The van der Waals surface area contributed by atoms with Crippen LogP contribution in [0.5, 0.6) is 0 Å². The van der Waals surface area contributed by atoms with Crippen molar-refractivity contribution in [3.05, 3.63) is 0 Å². The molecule has 2 radical (unpaired) electrons. The molecule has 9 heteroatoms. The average molecular weight is 289 g/mol. The van der Waals surface area contributed by atoms with Gasteiger partial charge in [-0.15, -0.1) is 0 Å². The molecule has 0 saturated heterocycles. The van der Waals surface area contributed by atoms with Crippen molar-refractivity contribution in [2.75, 3.05) is 0 Å². The second-order valence-corrected chi connectivity index (χ2v) is 1.34. The van der Waals surface area contributed by atoms with Crippen LogP contribution in [0.15, 0.2) is 0 Å². The second-order valence-electron chi connectivity index (χ2n) is 0.448. The van der Waals surface area contributed by atoms with Gasteiger partial charge in [0, 0.05) is 50.3 Å². The Morgan fingerprint density at radius 1 is 1.11 bits per heavy atom. The van der Waals surface area contributed by atoms with E-state index < -0.39 is 10.4 Å². The van der Waals surface area contributed by atoms with E-state index >= 15 is 0 Å². The Morgan fingerprint density at radius 3 is 1.11 bits per heavy atom. The van der Waals surface area contributed by atoms with Crippen molar-refractivity contribution >= 4 is 10.4 Å². The summed E-state index contributed by atoms with van der Waals surface area (Å²) in [6, 6.07) is 0. The molecule has 0 aliphatic heterocycles. The van der Waals surface area contributed by atoms with Crippen LogP contribution in [0.2, 0.25) is 0 Å². The van der Waals surface area contributed by atoms with E-state index in [9.17, 15) is 0 Å². The molecule has 0 spiro atoms. The molecule has 66 valence electrons. The van der Waals surface area contributed by atoms with Gasteiger partial charge in [0.2, 0.25) is 0 Å². The predicted octanol–water partition coefficient (Wildman–Crippen LogP) is -1.48. The van der Waals surface area contributed by atoms with Gasteiger partial charge in [0.1, 0.15) is 0 Å². The molecule has 0 fully saturated rings. The van der Waals surface area contributed by atoms with Crippen LogP contribution in [0, 0.1) is 0 Å². The van der Waals surface area contributed by atoms with Gasteiger partial charge < -0.3 is 5.48 Å². The van der Waals surface area contributed by atoms with Crippen molar-refractivity contribution in [2.45, 2.75) is 0 Å². The van der Waals surface area contributed by atoms with Gasteiger partial charge >= 0.3 is 10.4 Å². The molecule has 0 saturated carbocycles. The molecule has 0 bridgehead atoms. The fourth-order valence-corrected chi connectivity index (χ4v) is 0. The maximum atomic E-state index is 8.74. The molecule has 0 rings (SSSR count). The summed E-state index contributed by atoms with van der Waals surface area (Å²) in [5.41, 5.74) is 0. The summed E-state index contributed by atoms with van der Waals surface area (Å²) >= 11 is 0. The van der Waals surface area contributed by atoms with Gasteiger partial charge in [-0.25, -0.2) is 0 Å². The molecule has 4 N–H and O–H groups in total. The zero-order valence-electron chi connectivity index (χ0n) is 3.65. The monoisotopic (exact) mass is 288 g/mol. The fraction of sp³-hybridized carbons (Fsp3) is 0. The van der Waals surface area contributed by atoms with Crippen LogP contribution in [-0.2, 0) is 60.7 Å². The fourth-order valence-electron chi connectivity index (χ4n) is 0. The van der Waals surface area contributed by atoms with E-state index in [4.69, 9.17) is 17.5 Å². The minimum atomic E-state index is -4.67. The summed E-state index contributed by atoms with van der Waals surface area (Å²) in [6.07, 6.45) is 0. The maximum absolute atomic E-state index is 8.74. The Labute approximate surface area is 83.4 Å². The van der Waals surface area contributed by atoms with Gasteiger partial charge in [0.25, 0.3) is 0 Å². The van der Waals surface area contributed by atoms with Crippen LogP contribution in [0.4, 0.5) is 0 Å². The predicted molar refractivity (Wildman–Crippen MR) is 17.8 cm³/mol. The van der Waals surface area contributed by atoms with Crippen molar-refractivity contribution in [2.24, 2.45) is 0 Å². The van der Waals surface area contributed by atoms with Gasteiger partial charge in [0.05, 0.1) is 0 Å². The summed E-state index contributed by atoms with van der Waals surface area (Å²) < 4.78 is 31.6. The minimum Gasteiger partial charge on any atom is -0.412 e. The van der Waals surface area contributed by atoms with E-state index in [-0.39, 0.29) is 55.8 Å². The van der Waals surface area contributed by atoms with Crippen LogP contribution >= 0.6 is 0 Å². The van der Waals surface area contributed by atoms with Gasteiger partial charge in [-0.1, -0.05) is 0 Å².